The number of imidazole rings is 1. The number of rotatable bonds is 8. The molecule has 12 nitrogen and oxygen atoms in total. The van der Waals surface area contributed by atoms with Crippen LogP contribution in [0.2, 0.25) is 0 Å². The Morgan fingerprint density at radius 3 is 2.67 bits per heavy atom. The molecular formula is C26H37N5O7S. The van der Waals surface area contributed by atoms with E-state index in [2.05, 4.69) is 10.3 Å². The lowest BCUT2D eigenvalue weighted by atomic mass is 9.98. The van der Waals surface area contributed by atoms with Crippen LogP contribution in [-0.4, -0.2) is 96.2 Å². The van der Waals surface area contributed by atoms with Crippen molar-refractivity contribution in [2.45, 2.75) is 43.9 Å². The number of aliphatic hydroxyl groups is 1. The SMILES string of the molecule is C[C@H]1CN([C@@H](C)CO)C(=O)c2cccc(NC(=O)C3CCOCC3)c2O[C@H]1CN(C)S(=O)(=O)c1cn(C)cn1. The fourth-order valence-corrected chi connectivity index (χ4v) is 5.93. The van der Waals surface area contributed by atoms with Crippen LogP contribution in [0.15, 0.2) is 35.7 Å². The second kappa shape index (κ2) is 12.0. The quantitative estimate of drug-likeness (QED) is 0.490. The number of aryl methyl sites for hydroxylation is 1. The molecule has 2 aromatic rings. The Hall–Kier alpha value is -3.00. The Kier molecular flexibility index (Phi) is 8.94. The Labute approximate surface area is 228 Å². The number of carbonyl (C=O) groups is 2. The van der Waals surface area contributed by atoms with E-state index in [1.54, 1.807) is 41.6 Å². The van der Waals surface area contributed by atoms with Crippen molar-refractivity contribution < 1.29 is 32.6 Å². The van der Waals surface area contributed by atoms with Gasteiger partial charge in [-0.15, -0.1) is 0 Å². The number of aromatic nitrogens is 2. The number of ether oxygens (including phenoxy) is 2. The van der Waals surface area contributed by atoms with Gasteiger partial charge in [-0.25, -0.2) is 13.4 Å². The van der Waals surface area contributed by atoms with E-state index in [-0.39, 0.29) is 59.7 Å². The Morgan fingerprint density at radius 1 is 1.31 bits per heavy atom. The van der Waals surface area contributed by atoms with Crippen LogP contribution in [0, 0.1) is 11.8 Å². The highest BCUT2D eigenvalue weighted by molar-refractivity contribution is 7.89. The zero-order valence-electron chi connectivity index (χ0n) is 22.7. The van der Waals surface area contributed by atoms with Crippen LogP contribution in [0.5, 0.6) is 5.75 Å². The zero-order valence-corrected chi connectivity index (χ0v) is 23.6. The van der Waals surface area contributed by atoms with Gasteiger partial charge in [-0.1, -0.05) is 13.0 Å². The first-order chi connectivity index (χ1) is 18.5. The summed E-state index contributed by atoms with van der Waals surface area (Å²) in [6.45, 7) is 4.58. The number of carbonyl (C=O) groups excluding carboxylic acids is 2. The van der Waals surface area contributed by atoms with Gasteiger partial charge in [0.1, 0.15) is 6.10 Å². The molecule has 1 aromatic carbocycles. The summed E-state index contributed by atoms with van der Waals surface area (Å²) in [5, 5.41) is 12.7. The number of nitrogens with one attached hydrogen (secondary N) is 1. The fraction of sp³-hybridized carbons (Fsp3) is 0.577. The molecule has 13 heteroatoms. The van der Waals surface area contributed by atoms with Crippen molar-refractivity contribution in [1.82, 2.24) is 18.8 Å². The van der Waals surface area contributed by atoms with Gasteiger partial charge in [-0.05, 0) is 31.9 Å². The molecule has 0 unspecified atom stereocenters. The molecule has 2 aliphatic heterocycles. The maximum absolute atomic E-state index is 13.6. The second-order valence-corrected chi connectivity index (χ2v) is 12.3. The summed E-state index contributed by atoms with van der Waals surface area (Å²) < 4.78 is 41.0. The number of sulfonamides is 1. The van der Waals surface area contributed by atoms with E-state index in [1.165, 1.54) is 23.9 Å². The third-order valence-corrected chi connectivity index (χ3v) is 9.04. The van der Waals surface area contributed by atoms with Crippen molar-refractivity contribution in [2.75, 3.05) is 45.3 Å². The average Bonchev–Trinajstić information content (AvgIpc) is 3.38. The molecule has 4 rings (SSSR count). The molecule has 2 N–H and O–H groups in total. The van der Waals surface area contributed by atoms with Crippen LogP contribution in [0.25, 0.3) is 0 Å². The highest BCUT2D eigenvalue weighted by Crippen LogP contribution is 2.36. The molecule has 1 fully saturated rings. The van der Waals surface area contributed by atoms with Crippen molar-refractivity contribution in [3.05, 3.63) is 36.3 Å². The number of fused-ring (bicyclic) bond motifs is 1. The minimum absolute atomic E-state index is 0.0305. The number of benzene rings is 1. The van der Waals surface area contributed by atoms with Crippen LogP contribution in [0.3, 0.4) is 0 Å². The smallest absolute Gasteiger partial charge is 0.261 e. The van der Waals surface area contributed by atoms with E-state index >= 15 is 0 Å². The first-order valence-corrected chi connectivity index (χ1v) is 14.5. The first-order valence-electron chi connectivity index (χ1n) is 13.1. The predicted octanol–water partition coefficient (Wildman–Crippen LogP) is 1.33. The molecule has 0 radical (unpaired) electrons. The third-order valence-electron chi connectivity index (χ3n) is 7.33. The molecule has 3 heterocycles. The summed E-state index contributed by atoms with van der Waals surface area (Å²) in [6, 6.07) is 4.46. The molecule has 2 aliphatic rings. The van der Waals surface area contributed by atoms with Crippen molar-refractivity contribution in [1.29, 1.82) is 0 Å². The molecule has 3 atom stereocenters. The van der Waals surface area contributed by atoms with Crippen molar-refractivity contribution >= 4 is 27.5 Å². The second-order valence-electron chi connectivity index (χ2n) is 10.3. The Morgan fingerprint density at radius 2 is 2.03 bits per heavy atom. The van der Waals surface area contributed by atoms with Crippen molar-refractivity contribution in [3.63, 3.8) is 0 Å². The number of nitrogens with zero attached hydrogens (tertiary/aromatic N) is 4. The van der Waals surface area contributed by atoms with E-state index < -0.39 is 22.2 Å². The van der Waals surface area contributed by atoms with Gasteiger partial charge in [0.2, 0.25) is 5.91 Å². The zero-order chi connectivity index (χ0) is 28.3. The van der Waals surface area contributed by atoms with Crippen LogP contribution < -0.4 is 10.1 Å². The monoisotopic (exact) mass is 563 g/mol. The normalized spacial score (nSPS) is 21.6. The van der Waals surface area contributed by atoms with Gasteiger partial charge in [0, 0.05) is 51.9 Å². The number of amides is 2. The maximum atomic E-state index is 13.6. The summed E-state index contributed by atoms with van der Waals surface area (Å²) in [5.74, 6) is -0.901. The maximum Gasteiger partial charge on any atom is 0.261 e. The van der Waals surface area contributed by atoms with Gasteiger partial charge in [0.05, 0.1) is 36.8 Å². The molecule has 1 saturated heterocycles. The number of hydrogen-bond acceptors (Lipinski definition) is 8. The summed E-state index contributed by atoms with van der Waals surface area (Å²) in [5.41, 5.74) is 0.565. The first kappa shape index (κ1) is 29.0. The highest BCUT2D eigenvalue weighted by Gasteiger charge is 2.37. The van der Waals surface area contributed by atoms with E-state index in [1.807, 2.05) is 6.92 Å². The van der Waals surface area contributed by atoms with Gasteiger partial charge in [0.15, 0.2) is 10.8 Å². The van der Waals surface area contributed by atoms with Crippen molar-refractivity contribution in [3.8, 4) is 5.75 Å². The number of likely N-dealkylation sites (N-methyl/N-ethyl adjacent to an activating group) is 1. The number of hydrogen-bond donors (Lipinski definition) is 2. The number of anilines is 1. The molecule has 0 bridgehead atoms. The van der Waals surface area contributed by atoms with Crippen LogP contribution >= 0.6 is 0 Å². The van der Waals surface area contributed by atoms with E-state index in [0.29, 0.717) is 31.7 Å². The lowest BCUT2D eigenvalue weighted by Crippen LogP contribution is -2.50. The minimum atomic E-state index is -3.91. The van der Waals surface area contributed by atoms with Gasteiger partial charge >= 0.3 is 0 Å². The lowest BCUT2D eigenvalue weighted by Gasteiger charge is -2.38. The fourth-order valence-electron chi connectivity index (χ4n) is 4.79. The lowest BCUT2D eigenvalue weighted by molar-refractivity contribution is -0.122. The number of aliphatic hydroxyl groups excluding tert-OH is 1. The van der Waals surface area contributed by atoms with Gasteiger partial charge in [0.25, 0.3) is 15.9 Å². The van der Waals surface area contributed by atoms with Crippen molar-refractivity contribution in [2.24, 2.45) is 18.9 Å². The third kappa shape index (κ3) is 6.26. The van der Waals surface area contributed by atoms with E-state index in [9.17, 15) is 23.1 Å². The number of para-hydroxylation sites is 1. The Bertz CT molecular complexity index is 1290. The predicted molar refractivity (Wildman–Crippen MR) is 143 cm³/mol. The van der Waals surface area contributed by atoms with E-state index in [4.69, 9.17) is 9.47 Å². The molecule has 0 spiro atoms. The summed E-state index contributed by atoms with van der Waals surface area (Å²) in [6.07, 6.45) is 3.35. The van der Waals surface area contributed by atoms with Gasteiger partial charge in [-0.2, -0.15) is 4.31 Å². The van der Waals surface area contributed by atoms with Crippen LogP contribution in [0.1, 0.15) is 37.0 Å². The standard InChI is InChI=1S/C26H37N5O7S/c1-17-12-31(18(2)15-32)26(34)20-6-5-7-21(28-25(33)19-8-10-37-11-9-19)24(20)38-22(17)13-30(4)39(35,36)23-14-29(3)16-27-23/h5-7,14,16-19,22,32H,8-13,15H2,1-4H3,(H,28,33)/t17-,18-,22-/m0/s1. The van der Waals surface area contributed by atoms with E-state index in [0.717, 1.165) is 0 Å². The van der Waals surface area contributed by atoms with Gasteiger partial charge < -0.3 is 29.4 Å². The summed E-state index contributed by atoms with van der Waals surface area (Å²) >= 11 is 0. The molecule has 1 aromatic heterocycles. The summed E-state index contributed by atoms with van der Waals surface area (Å²) in [7, 11) is -0.765. The molecule has 214 valence electrons. The van der Waals surface area contributed by atoms with Crippen LogP contribution in [0.4, 0.5) is 5.69 Å². The highest BCUT2D eigenvalue weighted by atomic mass is 32.2. The molecule has 2 amide bonds. The molecule has 39 heavy (non-hydrogen) atoms. The van der Waals surface area contributed by atoms with Gasteiger partial charge in [-0.3, -0.25) is 9.59 Å². The van der Waals surface area contributed by atoms with Crippen LogP contribution in [-0.2, 0) is 26.6 Å². The average molecular weight is 564 g/mol. The molecule has 0 saturated carbocycles. The largest absolute Gasteiger partial charge is 0.486 e. The summed E-state index contributed by atoms with van der Waals surface area (Å²) in [4.78, 5) is 32.3. The Balaban J connectivity index is 1.69. The topological polar surface area (TPSA) is 143 Å². The molecular weight excluding hydrogens is 526 g/mol. The molecule has 0 aliphatic carbocycles. The minimum Gasteiger partial charge on any atom is -0.486 e.